The third kappa shape index (κ3) is 6.95. The van der Waals surface area contributed by atoms with E-state index in [9.17, 15) is 4.39 Å². The zero-order valence-corrected chi connectivity index (χ0v) is 11.5. The lowest BCUT2D eigenvalue weighted by atomic mass is 10.1. The lowest BCUT2D eigenvalue weighted by Gasteiger charge is -2.05. The van der Waals surface area contributed by atoms with E-state index in [1.165, 1.54) is 31.4 Å². The van der Waals surface area contributed by atoms with E-state index in [0.29, 0.717) is 12.2 Å². The number of hydrogen-bond acceptors (Lipinski definition) is 2. The highest BCUT2D eigenvalue weighted by Crippen LogP contribution is 2.10. The van der Waals surface area contributed by atoms with Gasteiger partial charge in [0.15, 0.2) is 0 Å². The molecule has 0 unspecified atom stereocenters. The van der Waals surface area contributed by atoms with Gasteiger partial charge in [0, 0.05) is 12.2 Å². The maximum Gasteiger partial charge on any atom is 0.124 e. The molecule has 104 valence electrons. The standard InChI is InChI=1S/C16H22FNO/c1-2-3-4-5-9-19-13-15-10-14(7-6-8-18)11-16(17)12-15/h10-12H,2-5,8-9,13,18H2,1H3. The van der Waals surface area contributed by atoms with Gasteiger partial charge in [0.2, 0.25) is 0 Å². The number of halogens is 1. The van der Waals surface area contributed by atoms with E-state index in [1.807, 2.05) is 6.07 Å². The van der Waals surface area contributed by atoms with E-state index in [0.717, 1.165) is 18.6 Å². The molecule has 0 saturated heterocycles. The summed E-state index contributed by atoms with van der Waals surface area (Å²) >= 11 is 0. The van der Waals surface area contributed by atoms with Crippen molar-refractivity contribution in [1.82, 2.24) is 0 Å². The monoisotopic (exact) mass is 263 g/mol. The van der Waals surface area contributed by atoms with Crippen LogP contribution in [-0.2, 0) is 11.3 Å². The molecule has 1 rings (SSSR count). The van der Waals surface area contributed by atoms with Gasteiger partial charge in [0.1, 0.15) is 5.82 Å². The van der Waals surface area contributed by atoms with E-state index in [4.69, 9.17) is 10.5 Å². The molecule has 2 N–H and O–H groups in total. The van der Waals surface area contributed by atoms with Crippen molar-refractivity contribution in [2.75, 3.05) is 13.2 Å². The quantitative estimate of drug-likeness (QED) is 0.605. The minimum absolute atomic E-state index is 0.278. The maximum atomic E-state index is 13.4. The average molecular weight is 263 g/mol. The first-order valence-electron chi connectivity index (χ1n) is 6.82. The predicted molar refractivity (Wildman–Crippen MR) is 76.1 cm³/mol. The second kappa shape index (κ2) is 9.55. The second-order valence-electron chi connectivity index (χ2n) is 4.47. The van der Waals surface area contributed by atoms with Crippen LogP contribution in [0.3, 0.4) is 0 Å². The molecule has 0 aliphatic heterocycles. The molecule has 0 aliphatic carbocycles. The summed E-state index contributed by atoms with van der Waals surface area (Å²) in [5.74, 6) is 5.27. The smallest absolute Gasteiger partial charge is 0.124 e. The summed E-state index contributed by atoms with van der Waals surface area (Å²) in [5.41, 5.74) is 6.76. The Labute approximate surface area is 115 Å². The van der Waals surface area contributed by atoms with E-state index in [2.05, 4.69) is 18.8 Å². The van der Waals surface area contributed by atoms with Crippen molar-refractivity contribution in [1.29, 1.82) is 0 Å². The molecule has 2 nitrogen and oxygen atoms in total. The average Bonchev–Trinajstić information content (AvgIpc) is 2.40. The fourth-order valence-corrected chi connectivity index (χ4v) is 1.78. The van der Waals surface area contributed by atoms with E-state index in [-0.39, 0.29) is 12.4 Å². The Bertz CT molecular complexity index is 434. The van der Waals surface area contributed by atoms with Crippen LogP contribution in [0.15, 0.2) is 18.2 Å². The van der Waals surface area contributed by atoms with Crippen LogP contribution in [0.25, 0.3) is 0 Å². The van der Waals surface area contributed by atoms with Gasteiger partial charge in [0.05, 0.1) is 13.2 Å². The van der Waals surface area contributed by atoms with Crippen LogP contribution in [0.5, 0.6) is 0 Å². The molecule has 19 heavy (non-hydrogen) atoms. The van der Waals surface area contributed by atoms with Crippen LogP contribution in [0, 0.1) is 17.7 Å². The molecule has 0 heterocycles. The van der Waals surface area contributed by atoms with Crippen molar-refractivity contribution in [3.8, 4) is 11.8 Å². The normalized spacial score (nSPS) is 10.1. The molecule has 0 bridgehead atoms. The first-order valence-corrected chi connectivity index (χ1v) is 6.82. The number of benzene rings is 1. The Morgan fingerprint density at radius 3 is 2.79 bits per heavy atom. The van der Waals surface area contributed by atoms with Gasteiger partial charge in [-0.3, -0.25) is 0 Å². The molecule has 1 aromatic carbocycles. The van der Waals surface area contributed by atoms with Gasteiger partial charge in [0.25, 0.3) is 0 Å². The molecule has 0 saturated carbocycles. The van der Waals surface area contributed by atoms with Gasteiger partial charge >= 0.3 is 0 Å². The minimum atomic E-state index is -0.284. The summed E-state index contributed by atoms with van der Waals surface area (Å²) in [6, 6.07) is 4.74. The van der Waals surface area contributed by atoms with Crippen LogP contribution >= 0.6 is 0 Å². The highest BCUT2D eigenvalue weighted by molar-refractivity contribution is 5.37. The maximum absolute atomic E-state index is 13.4. The van der Waals surface area contributed by atoms with Gasteiger partial charge < -0.3 is 10.5 Å². The molecule has 0 atom stereocenters. The lowest BCUT2D eigenvalue weighted by molar-refractivity contribution is 0.116. The third-order valence-corrected chi connectivity index (χ3v) is 2.70. The Kier molecular flexibility index (Phi) is 7.88. The zero-order valence-electron chi connectivity index (χ0n) is 11.5. The highest BCUT2D eigenvalue weighted by Gasteiger charge is 2.00. The molecule has 0 aromatic heterocycles. The molecule has 0 amide bonds. The van der Waals surface area contributed by atoms with Crippen molar-refractivity contribution in [3.63, 3.8) is 0 Å². The summed E-state index contributed by atoms with van der Waals surface area (Å²) in [6.07, 6.45) is 4.70. The number of nitrogens with two attached hydrogens (primary N) is 1. The molecule has 0 spiro atoms. The molecule has 3 heteroatoms. The fourth-order valence-electron chi connectivity index (χ4n) is 1.78. The summed E-state index contributed by atoms with van der Waals surface area (Å²) in [6.45, 7) is 3.61. The first-order chi connectivity index (χ1) is 9.26. The topological polar surface area (TPSA) is 35.2 Å². The summed E-state index contributed by atoms with van der Waals surface area (Å²) < 4.78 is 18.9. The Balaban J connectivity index is 2.42. The van der Waals surface area contributed by atoms with Crippen LogP contribution in [0.1, 0.15) is 43.7 Å². The highest BCUT2D eigenvalue weighted by atomic mass is 19.1. The number of hydrogen-bond donors (Lipinski definition) is 1. The van der Waals surface area contributed by atoms with Crippen molar-refractivity contribution in [3.05, 3.63) is 35.1 Å². The first kappa shape index (κ1) is 15.7. The molecular weight excluding hydrogens is 241 g/mol. The van der Waals surface area contributed by atoms with Gasteiger partial charge in [-0.2, -0.15) is 0 Å². The van der Waals surface area contributed by atoms with Crippen molar-refractivity contribution in [2.45, 2.75) is 39.2 Å². The number of ether oxygens (including phenoxy) is 1. The Morgan fingerprint density at radius 2 is 2.05 bits per heavy atom. The molecule has 0 fully saturated rings. The molecule has 1 aromatic rings. The van der Waals surface area contributed by atoms with E-state index >= 15 is 0 Å². The van der Waals surface area contributed by atoms with Crippen LogP contribution < -0.4 is 5.73 Å². The summed E-state index contributed by atoms with van der Waals surface area (Å²) in [7, 11) is 0. The number of unbranched alkanes of at least 4 members (excludes halogenated alkanes) is 3. The second-order valence-corrected chi connectivity index (χ2v) is 4.47. The zero-order chi connectivity index (χ0) is 13.9. The summed E-state index contributed by atoms with van der Waals surface area (Å²) in [4.78, 5) is 0. The number of rotatable bonds is 7. The molecule has 0 aliphatic rings. The van der Waals surface area contributed by atoms with Crippen LogP contribution in [0.4, 0.5) is 4.39 Å². The van der Waals surface area contributed by atoms with Gasteiger partial charge in [-0.25, -0.2) is 4.39 Å². The van der Waals surface area contributed by atoms with Crippen molar-refractivity contribution < 1.29 is 9.13 Å². The molecular formula is C16H22FNO. The summed E-state index contributed by atoms with van der Waals surface area (Å²) in [5, 5.41) is 0. The third-order valence-electron chi connectivity index (χ3n) is 2.70. The van der Waals surface area contributed by atoms with E-state index in [1.54, 1.807) is 0 Å². The Morgan fingerprint density at radius 1 is 1.21 bits per heavy atom. The van der Waals surface area contributed by atoms with Crippen LogP contribution in [-0.4, -0.2) is 13.2 Å². The van der Waals surface area contributed by atoms with Crippen LogP contribution in [0.2, 0.25) is 0 Å². The molecule has 0 radical (unpaired) electrons. The van der Waals surface area contributed by atoms with Gasteiger partial charge in [-0.1, -0.05) is 38.0 Å². The van der Waals surface area contributed by atoms with Gasteiger partial charge in [-0.15, -0.1) is 0 Å². The van der Waals surface area contributed by atoms with E-state index < -0.39 is 0 Å². The SMILES string of the molecule is CCCCCCOCc1cc(F)cc(C#CCN)c1. The largest absolute Gasteiger partial charge is 0.377 e. The minimum Gasteiger partial charge on any atom is -0.377 e. The lowest BCUT2D eigenvalue weighted by Crippen LogP contribution is -1.97. The van der Waals surface area contributed by atoms with Gasteiger partial charge in [-0.05, 0) is 30.2 Å². The Hall–Kier alpha value is -1.37. The predicted octanol–water partition coefficient (Wildman–Crippen LogP) is 3.23. The fraction of sp³-hybridized carbons (Fsp3) is 0.500. The van der Waals surface area contributed by atoms with Crippen molar-refractivity contribution in [2.24, 2.45) is 5.73 Å². The van der Waals surface area contributed by atoms with Crippen molar-refractivity contribution >= 4 is 0 Å².